The van der Waals surface area contributed by atoms with Crippen molar-refractivity contribution in [3.63, 3.8) is 0 Å². The Balaban J connectivity index is 2.33. The van der Waals surface area contributed by atoms with Gasteiger partial charge in [-0.25, -0.2) is 0 Å². The van der Waals surface area contributed by atoms with Crippen LogP contribution in [-0.2, 0) is 0 Å². The molecule has 0 amide bonds. The Bertz CT molecular complexity index is 770. The standard InChI is InChI=1S/C19H17N/c1-2-19(20)18-13-12-15(14-8-4-3-5-9-14)16-10-6-7-11-17(16)18/h2-13H,20H2,1H3/b19-2-. The second-order valence-corrected chi connectivity index (χ2v) is 4.82. The molecule has 0 saturated heterocycles. The van der Waals surface area contributed by atoms with Crippen molar-refractivity contribution in [2.24, 2.45) is 5.73 Å². The lowest BCUT2D eigenvalue weighted by atomic mass is 9.94. The summed E-state index contributed by atoms with van der Waals surface area (Å²) < 4.78 is 0. The minimum Gasteiger partial charge on any atom is -0.398 e. The largest absolute Gasteiger partial charge is 0.398 e. The highest BCUT2D eigenvalue weighted by atomic mass is 14.6. The van der Waals surface area contributed by atoms with E-state index >= 15 is 0 Å². The lowest BCUT2D eigenvalue weighted by Gasteiger charge is -2.11. The van der Waals surface area contributed by atoms with Gasteiger partial charge in [-0.1, -0.05) is 72.8 Å². The highest BCUT2D eigenvalue weighted by Gasteiger charge is 2.08. The molecule has 0 aliphatic rings. The molecule has 3 rings (SSSR count). The SMILES string of the molecule is C/C=C(\N)c1ccc(-c2ccccc2)c2ccccc12. The molecule has 0 saturated carbocycles. The zero-order valence-electron chi connectivity index (χ0n) is 11.5. The van der Waals surface area contributed by atoms with Crippen LogP contribution < -0.4 is 5.73 Å². The number of benzene rings is 3. The van der Waals surface area contributed by atoms with E-state index in [1.165, 1.54) is 21.9 Å². The molecule has 0 fully saturated rings. The van der Waals surface area contributed by atoms with E-state index in [1.807, 2.05) is 19.1 Å². The molecule has 20 heavy (non-hydrogen) atoms. The van der Waals surface area contributed by atoms with Crippen LogP contribution in [0.15, 0.2) is 72.8 Å². The van der Waals surface area contributed by atoms with E-state index in [-0.39, 0.29) is 0 Å². The Morgan fingerprint density at radius 1 is 0.800 bits per heavy atom. The molecule has 98 valence electrons. The average molecular weight is 259 g/mol. The lowest BCUT2D eigenvalue weighted by molar-refractivity contribution is 1.52. The van der Waals surface area contributed by atoms with Gasteiger partial charge in [-0.15, -0.1) is 0 Å². The van der Waals surface area contributed by atoms with E-state index < -0.39 is 0 Å². The van der Waals surface area contributed by atoms with Gasteiger partial charge in [-0.2, -0.15) is 0 Å². The van der Waals surface area contributed by atoms with Crippen LogP contribution in [0.3, 0.4) is 0 Å². The summed E-state index contributed by atoms with van der Waals surface area (Å²) in [5.74, 6) is 0. The molecular weight excluding hydrogens is 242 g/mol. The first-order chi connectivity index (χ1) is 9.81. The third kappa shape index (κ3) is 2.08. The first kappa shape index (κ1) is 12.5. The summed E-state index contributed by atoms with van der Waals surface area (Å²) in [5, 5.41) is 2.44. The molecule has 0 aromatic heterocycles. The average Bonchev–Trinajstić information content (AvgIpc) is 2.54. The number of hydrogen-bond donors (Lipinski definition) is 1. The molecule has 0 heterocycles. The van der Waals surface area contributed by atoms with Crippen LogP contribution in [0.25, 0.3) is 27.6 Å². The highest BCUT2D eigenvalue weighted by Crippen LogP contribution is 2.32. The molecule has 3 aromatic carbocycles. The van der Waals surface area contributed by atoms with Gasteiger partial charge in [0.05, 0.1) is 0 Å². The third-order valence-corrected chi connectivity index (χ3v) is 3.63. The molecule has 2 N–H and O–H groups in total. The van der Waals surface area contributed by atoms with Crippen LogP contribution in [-0.4, -0.2) is 0 Å². The van der Waals surface area contributed by atoms with Crippen LogP contribution in [0.1, 0.15) is 12.5 Å². The van der Waals surface area contributed by atoms with Crippen molar-refractivity contribution in [2.45, 2.75) is 6.92 Å². The Morgan fingerprint density at radius 2 is 1.45 bits per heavy atom. The number of rotatable bonds is 2. The van der Waals surface area contributed by atoms with Crippen LogP contribution in [0.4, 0.5) is 0 Å². The van der Waals surface area contributed by atoms with E-state index in [0.29, 0.717) is 0 Å². The van der Waals surface area contributed by atoms with Crippen molar-refractivity contribution in [2.75, 3.05) is 0 Å². The van der Waals surface area contributed by atoms with Gasteiger partial charge in [0, 0.05) is 11.3 Å². The van der Waals surface area contributed by atoms with Gasteiger partial charge in [0.1, 0.15) is 0 Å². The third-order valence-electron chi connectivity index (χ3n) is 3.63. The van der Waals surface area contributed by atoms with E-state index in [4.69, 9.17) is 5.73 Å². The van der Waals surface area contributed by atoms with Crippen molar-refractivity contribution < 1.29 is 0 Å². The Kier molecular flexibility index (Phi) is 3.26. The fraction of sp³-hybridized carbons (Fsp3) is 0.0526. The maximum Gasteiger partial charge on any atom is 0.0350 e. The molecule has 0 aliphatic carbocycles. The van der Waals surface area contributed by atoms with Gasteiger partial charge < -0.3 is 5.73 Å². The Hall–Kier alpha value is -2.54. The molecule has 0 bridgehead atoms. The number of fused-ring (bicyclic) bond motifs is 1. The lowest BCUT2D eigenvalue weighted by Crippen LogP contribution is -1.97. The topological polar surface area (TPSA) is 26.0 Å². The number of hydrogen-bond acceptors (Lipinski definition) is 1. The Labute approximate surface area is 119 Å². The van der Waals surface area contributed by atoms with E-state index in [9.17, 15) is 0 Å². The minimum atomic E-state index is 0.820. The fourth-order valence-corrected chi connectivity index (χ4v) is 2.58. The van der Waals surface area contributed by atoms with Gasteiger partial charge in [-0.3, -0.25) is 0 Å². The van der Waals surface area contributed by atoms with Gasteiger partial charge in [0.15, 0.2) is 0 Å². The molecule has 1 nitrogen and oxygen atoms in total. The summed E-state index contributed by atoms with van der Waals surface area (Å²) in [6, 6.07) is 23.1. The molecule has 0 spiro atoms. The van der Waals surface area contributed by atoms with Gasteiger partial charge in [0.2, 0.25) is 0 Å². The van der Waals surface area contributed by atoms with E-state index in [0.717, 1.165) is 11.3 Å². The molecule has 0 aliphatic heterocycles. The molecule has 0 unspecified atom stereocenters. The fourth-order valence-electron chi connectivity index (χ4n) is 2.58. The molecule has 1 heteroatoms. The predicted octanol–water partition coefficient (Wildman–Crippen LogP) is 4.83. The maximum atomic E-state index is 6.11. The zero-order chi connectivity index (χ0) is 13.9. The summed E-state index contributed by atoms with van der Waals surface area (Å²) in [6.45, 7) is 1.97. The van der Waals surface area contributed by atoms with Crippen molar-refractivity contribution in [3.05, 3.63) is 78.4 Å². The van der Waals surface area contributed by atoms with Crippen LogP contribution in [0.5, 0.6) is 0 Å². The predicted molar refractivity (Wildman–Crippen MR) is 87.2 cm³/mol. The summed E-state index contributed by atoms with van der Waals surface area (Å²) in [6.07, 6.45) is 1.95. The first-order valence-electron chi connectivity index (χ1n) is 6.80. The number of nitrogens with two attached hydrogens (primary N) is 1. The van der Waals surface area contributed by atoms with Crippen LogP contribution in [0.2, 0.25) is 0 Å². The zero-order valence-corrected chi connectivity index (χ0v) is 11.5. The molecule has 0 radical (unpaired) electrons. The normalized spacial score (nSPS) is 11.8. The summed E-state index contributed by atoms with van der Waals surface area (Å²) in [4.78, 5) is 0. The second kappa shape index (κ2) is 5.22. The van der Waals surface area contributed by atoms with Crippen molar-refractivity contribution in [1.29, 1.82) is 0 Å². The van der Waals surface area contributed by atoms with E-state index in [1.54, 1.807) is 0 Å². The van der Waals surface area contributed by atoms with Crippen LogP contribution in [0, 0.1) is 0 Å². The monoisotopic (exact) mass is 259 g/mol. The smallest absolute Gasteiger partial charge is 0.0350 e. The summed E-state index contributed by atoms with van der Waals surface area (Å²) in [5.41, 5.74) is 10.5. The van der Waals surface area contributed by atoms with Crippen molar-refractivity contribution >= 4 is 16.5 Å². The summed E-state index contributed by atoms with van der Waals surface area (Å²) in [7, 11) is 0. The first-order valence-corrected chi connectivity index (χ1v) is 6.80. The van der Waals surface area contributed by atoms with E-state index in [2.05, 4.69) is 60.7 Å². The second-order valence-electron chi connectivity index (χ2n) is 4.82. The molecular formula is C19H17N. The van der Waals surface area contributed by atoms with Crippen LogP contribution >= 0.6 is 0 Å². The van der Waals surface area contributed by atoms with Gasteiger partial charge in [-0.05, 0) is 28.8 Å². The minimum absolute atomic E-state index is 0.820. The van der Waals surface area contributed by atoms with Gasteiger partial charge >= 0.3 is 0 Å². The highest BCUT2D eigenvalue weighted by molar-refractivity contribution is 6.02. The summed E-state index contributed by atoms with van der Waals surface area (Å²) >= 11 is 0. The maximum absolute atomic E-state index is 6.11. The quantitative estimate of drug-likeness (QED) is 0.701. The number of allylic oxidation sites excluding steroid dienone is 1. The molecule has 3 aromatic rings. The van der Waals surface area contributed by atoms with Crippen molar-refractivity contribution in [1.82, 2.24) is 0 Å². The van der Waals surface area contributed by atoms with Gasteiger partial charge in [0.25, 0.3) is 0 Å². The Morgan fingerprint density at radius 3 is 2.15 bits per heavy atom. The van der Waals surface area contributed by atoms with Crippen molar-refractivity contribution in [3.8, 4) is 11.1 Å². The molecule has 0 atom stereocenters.